The highest BCUT2D eigenvalue weighted by Gasteiger charge is 2.15. The highest BCUT2D eigenvalue weighted by molar-refractivity contribution is 4.95. The molecule has 1 rings (SSSR count). The summed E-state index contributed by atoms with van der Waals surface area (Å²) in [4.78, 5) is 2.31. The smallest absolute Gasteiger partial charge is 0.0667 e. The van der Waals surface area contributed by atoms with Crippen LogP contribution in [0, 0.1) is 0 Å². The highest BCUT2D eigenvalue weighted by Crippen LogP contribution is 2.09. The molecule has 0 amide bonds. The zero-order valence-corrected chi connectivity index (χ0v) is 8.08. The molecule has 12 heavy (non-hydrogen) atoms. The molecular formula is C10H19NO. The van der Waals surface area contributed by atoms with Gasteiger partial charge in [0, 0.05) is 13.1 Å². The van der Waals surface area contributed by atoms with Gasteiger partial charge in [-0.2, -0.15) is 0 Å². The Morgan fingerprint density at radius 2 is 2.33 bits per heavy atom. The van der Waals surface area contributed by atoms with Crippen molar-refractivity contribution in [3.05, 3.63) is 11.6 Å². The van der Waals surface area contributed by atoms with Gasteiger partial charge in [0.15, 0.2) is 0 Å². The van der Waals surface area contributed by atoms with Crippen LogP contribution in [0.5, 0.6) is 0 Å². The van der Waals surface area contributed by atoms with Crippen LogP contribution in [0.2, 0.25) is 0 Å². The Hall–Kier alpha value is -0.340. The lowest BCUT2D eigenvalue weighted by molar-refractivity contribution is 0.0769. The molecule has 1 saturated heterocycles. The lowest BCUT2D eigenvalue weighted by Gasteiger charge is -2.28. The Labute approximate surface area is 74.9 Å². The van der Waals surface area contributed by atoms with Gasteiger partial charge in [-0.3, -0.25) is 4.90 Å². The van der Waals surface area contributed by atoms with Crippen LogP contribution < -0.4 is 0 Å². The molecule has 1 aliphatic heterocycles. The van der Waals surface area contributed by atoms with Crippen molar-refractivity contribution < 1.29 is 5.11 Å². The number of nitrogens with zero attached hydrogens (tertiary/aromatic N) is 1. The zero-order chi connectivity index (χ0) is 8.97. The Morgan fingerprint density at radius 3 is 2.92 bits per heavy atom. The fourth-order valence-corrected chi connectivity index (χ4v) is 1.51. The molecule has 1 N–H and O–H groups in total. The van der Waals surface area contributed by atoms with Crippen molar-refractivity contribution in [2.24, 2.45) is 0 Å². The Balaban J connectivity index is 2.27. The predicted molar refractivity (Wildman–Crippen MR) is 51.1 cm³/mol. The number of piperidine rings is 1. The number of likely N-dealkylation sites (tertiary alicyclic amines) is 1. The van der Waals surface area contributed by atoms with Crippen LogP contribution in [0.15, 0.2) is 11.6 Å². The standard InChI is InChI=1S/C10H19NO/c1-9(2)5-7-11-6-3-4-10(12)8-11/h5,10,12H,3-4,6-8H2,1-2H3/t10-/m0/s1. The molecule has 0 aromatic heterocycles. The number of hydrogen-bond acceptors (Lipinski definition) is 2. The van der Waals surface area contributed by atoms with Gasteiger partial charge < -0.3 is 5.11 Å². The van der Waals surface area contributed by atoms with Gasteiger partial charge >= 0.3 is 0 Å². The zero-order valence-electron chi connectivity index (χ0n) is 8.08. The number of aliphatic hydroxyl groups excluding tert-OH is 1. The van der Waals surface area contributed by atoms with Gasteiger partial charge in [0.1, 0.15) is 0 Å². The molecule has 2 heteroatoms. The highest BCUT2D eigenvalue weighted by atomic mass is 16.3. The van der Waals surface area contributed by atoms with E-state index in [2.05, 4.69) is 24.8 Å². The predicted octanol–water partition coefficient (Wildman–Crippen LogP) is 1.41. The number of aliphatic hydroxyl groups is 1. The number of allylic oxidation sites excluding steroid dienone is 1. The Kier molecular flexibility index (Phi) is 3.76. The van der Waals surface area contributed by atoms with Crippen molar-refractivity contribution >= 4 is 0 Å². The summed E-state index contributed by atoms with van der Waals surface area (Å²) >= 11 is 0. The molecule has 70 valence electrons. The lowest BCUT2D eigenvalue weighted by Crippen LogP contribution is -2.38. The van der Waals surface area contributed by atoms with Crippen molar-refractivity contribution in [3.8, 4) is 0 Å². The van der Waals surface area contributed by atoms with E-state index in [1.54, 1.807) is 0 Å². The van der Waals surface area contributed by atoms with Gasteiger partial charge in [-0.05, 0) is 33.2 Å². The fraction of sp³-hybridized carbons (Fsp3) is 0.800. The monoisotopic (exact) mass is 169 g/mol. The van der Waals surface area contributed by atoms with Gasteiger partial charge in [0.25, 0.3) is 0 Å². The number of hydrogen-bond donors (Lipinski definition) is 1. The van der Waals surface area contributed by atoms with Crippen LogP contribution in [0.25, 0.3) is 0 Å². The van der Waals surface area contributed by atoms with Crippen LogP contribution in [0.4, 0.5) is 0 Å². The fourth-order valence-electron chi connectivity index (χ4n) is 1.51. The summed E-state index contributed by atoms with van der Waals surface area (Å²) in [5.74, 6) is 0. The van der Waals surface area contributed by atoms with Crippen LogP contribution in [-0.4, -0.2) is 35.7 Å². The Bertz CT molecular complexity index is 161. The summed E-state index contributed by atoms with van der Waals surface area (Å²) < 4.78 is 0. The second-order valence-electron chi connectivity index (χ2n) is 3.84. The minimum absolute atomic E-state index is 0.0932. The average molecular weight is 169 g/mol. The quantitative estimate of drug-likeness (QED) is 0.632. The first-order valence-electron chi connectivity index (χ1n) is 4.72. The Morgan fingerprint density at radius 1 is 1.58 bits per heavy atom. The van der Waals surface area contributed by atoms with E-state index in [0.717, 1.165) is 32.5 Å². The summed E-state index contributed by atoms with van der Waals surface area (Å²) in [6.45, 7) is 7.21. The molecular weight excluding hydrogens is 150 g/mol. The largest absolute Gasteiger partial charge is 0.392 e. The van der Waals surface area contributed by atoms with Crippen LogP contribution in [-0.2, 0) is 0 Å². The maximum Gasteiger partial charge on any atom is 0.0667 e. The minimum Gasteiger partial charge on any atom is -0.392 e. The normalized spacial score (nSPS) is 25.4. The third kappa shape index (κ3) is 3.37. The van der Waals surface area contributed by atoms with E-state index in [1.807, 2.05) is 0 Å². The van der Waals surface area contributed by atoms with Gasteiger partial charge in [0.05, 0.1) is 6.10 Å². The molecule has 1 aliphatic rings. The van der Waals surface area contributed by atoms with Gasteiger partial charge in [-0.1, -0.05) is 11.6 Å². The van der Waals surface area contributed by atoms with Crippen molar-refractivity contribution in [3.63, 3.8) is 0 Å². The van der Waals surface area contributed by atoms with E-state index in [9.17, 15) is 5.11 Å². The maximum atomic E-state index is 9.38. The molecule has 0 bridgehead atoms. The molecule has 1 heterocycles. The summed E-state index contributed by atoms with van der Waals surface area (Å²) in [5.41, 5.74) is 1.36. The number of β-amino-alcohol motifs (C(OH)–C–C–N with tert-alkyl or cyclic N) is 1. The molecule has 0 spiro atoms. The SMILES string of the molecule is CC(C)=CCN1CCC[C@H](O)C1. The first-order chi connectivity index (χ1) is 5.68. The van der Waals surface area contributed by atoms with E-state index >= 15 is 0 Å². The molecule has 1 fully saturated rings. The second kappa shape index (κ2) is 4.63. The number of rotatable bonds is 2. The van der Waals surface area contributed by atoms with E-state index in [4.69, 9.17) is 0 Å². The van der Waals surface area contributed by atoms with Crippen molar-refractivity contribution in [1.82, 2.24) is 4.90 Å². The van der Waals surface area contributed by atoms with Crippen molar-refractivity contribution in [2.45, 2.75) is 32.8 Å². The molecule has 0 aliphatic carbocycles. The summed E-state index contributed by atoms with van der Waals surface area (Å²) in [5, 5.41) is 9.38. The molecule has 0 aromatic carbocycles. The topological polar surface area (TPSA) is 23.5 Å². The van der Waals surface area contributed by atoms with E-state index < -0.39 is 0 Å². The van der Waals surface area contributed by atoms with E-state index in [0.29, 0.717) is 0 Å². The van der Waals surface area contributed by atoms with E-state index in [1.165, 1.54) is 5.57 Å². The van der Waals surface area contributed by atoms with Crippen molar-refractivity contribution in [2.75, 3.05) is 19.6 Å². The molecule has 0 aromatic rings. The average Bonchev–Trinajstić information content (AvgIpc) is 2.01. The summed E-state index contributed by atoms with van der Waals surface area (Å²) in [6.07, 6.45) is 4.24. The molecule has 1 atom stereocenters. The second-order valence-corrected chi connectivity index (χ2v) is 3.84. The molecule has 0 unspecified atom stereocenters. The van der Waals surface area contributed by atoms with Gasteiger partial charge in [-0.15, -0.1) is 0 Å². The lowest BCUT2D eigenvalue weighted by atomic mass is 10.1. The van der Waals surface area contributed by atoms with Gasteiger partial charge in [0.2, 0.25) is 0 Å². The minimum atomic E-state index is -0.0932. The summed E-state index contributed by atoms with van der Waals surface area (Å²) in [7, 11) is 0. The first-order valence-corrected chi connectivity index (χ1v) is 4.72. The molecule has 0 radical (unpaired) electrons. The van der Waals surface area contributed by atoms with Gasteiger partial charge in [-0.25, -0.2) is 0 Å². The molecule has 0 saturated carbocycles. The van der Waals surface area contributed by atoms with Crippen LogP contribution in [0.1, 0.15) is 26.7 Å². The van der Waals surface area contributed by atoms with Crippen molar-refractivity contribution in [1.29, 1.82) is 0 Å². The summed E-state index contributed by atoms with van der Waals surface area (Å²) in [6, 6.07) is 0. The maximum absolute atomic E-state index is 9.38. The third-order valence-electron chi connectivity index (χ3n) is 2.24. The third-order valence-corrected chi connectivity index (χ3v) is 2.24. The molecule has 2 nitrogen and oxygen atoms in total. The first kappa shape index (κ1) is 9.75. The van der Waals surface area contributed by atoms with Crippen LogP contribution in [0.3, 0.4) is 0 Å². The van der Waals surface area contributed by atoms with Crippen LogP contribution >= 0.6 is 0 Å². The van der Waals surface area contributed by atoms with E-state index in [-0.39, 0.29) is 6.10 Å².